The summed E-state index contributed by atoms with van der Waals surface area (Å²) in [6.07, 6.45) is 1.83. The van der Waals surface area contributed by atoms with E-state index in [1.54, 1.807) is 6.20 Å². The molecule has 0 saturated heterocycles. The van der Waals surface area contributed by atoms with E-state index in [2.05, 4.69) is 36.4 Å². The molecular formula is C20H30N4O2S. The molecule has 1 heterocycles. The smallest absolute Gasteiger partial charge is 0.263 e. The lowest BCUT2D eigenvalue weighted by Crippen LogP contribution is -2.49. The second kappa shape index (κ2) is 8.82. The van der Waals surface area contributed by atoms with Gasteiger partial charge in [-0.15, -0.1) is 0 Å². The van der Waals surface area contributed by atoms with Crippen LogP contribution in [0.25, 0.3) is 0 Å². The zero-order chi connectivity index (χ0) is 20.2. The number of hydrogen-bond donors (Lipinski definition) is 4. The summed E-state index contributed by atoms with van der Waals surface area (Å²) >= 11 is 5.31. The first kappa shape index (κ1) is 21.3. The topological polar surface area (TPSA) is 91.9 Å². The third-order valence-electron chi connectivity index (χ3n) is 4.51. The molecular weight excluding hydrogens is 360 g/mol. The number of nitrogens with one attached hydrogen (secondary N) is 2. The fourth-order valence-electron chi connectivity index (χ4n) is 2.76. The van der Waals surface area contributed by atoms with E-state index in [0.717, 1.165) is 28.1 Å². The molecule has 0 spiro atoms. The number of aliphatic imine (C=N–C) groups is 1. The molecule has 0 radical (unpaired) electrons. The first-order valence-electron chi connectivity index (χ1n) is 9.08. The van der Waals surface area contributed by atoms with Crippen molar-refractivity contribution in [1.82, 2.24) is 10.6 Å². The molecule has 0 amide bonds. The Hall–Kier alpha value is -1.96. The van der Waals surface area contributed by atoms with Gasteiger partial charge in [0, 0.05) is 23.9 Å². The minimum absolute atomic E-state index is 0.0164. The third kappa shape index (κ3) is 5.76. The summed E-state index contributed by atoms with van der Waals surface area (Å²) < 4.78 is 5.78. The van der Waals surface area contributed by atoms with Crippen molar-refractivity contribution in [3.05, 3.63) is 40.7 Å². The summed E-state index contributed by atoms with van der Waals surface area (Å²) in [4.78, 5) is 4.51. The van der Waals surface area contributed by atoms with E-state index in [9.17, 15) is 0 Å². The standard InChI is InChI=1S/C20H30N4O2S/c1-12-9-16(13(2)8-14(12)6-7-25)26-19(27)24-18(21)15-10-23-17(11-22-15)20(3,4)5/h8-10,18,22,25H,6-7,11,21H2,1-5H3,(H,24,27). The van der Waals surface area contributed by atoms with Crippen molar-refractivity contribution < 1.29 is 9.84 Å². The maximum atomic E-state index is 9.14. The number of ether oxygens (including phenoxy) is 1. The zero-order valence-corrected chi connectivity index (χ0v) is 17.5. The fraction of sp³-hybridized carbons (Fsp3) is 0.500. The van der Waals surface area contributed by atoms with E-state index in [4.69, 9.17) is 27.8 Å². The number of benzene rings is 1. The number of aryl methyl sites for hydroxylation is 2. The van der Waals surface area contributed by atoms with Crippen LogP contribution in [0.5, 0.6) is 5.75 Å². The number of aliphatic hydroxyl groups excluding tert-OH is 1. The quantitative estimate of drug-likeness (QED) is 0.456. The van der Waals surface area contributed by atoms with E-state index >= 15 is 0 Å². The van der Waals surface area contributed by atoms with E-state index < -0.39 is 6.17 Å². The highest BCUT2D eigenvalue weighted by Crippen LogP contribution is 2.23. The summed E-state index contributed by atoms with van der Waals surface area (Å²) in [5.41, 5.74) is 11.1. The van der Waals surface area contributed by atoms with Crippen LogP contribution in [-0.4, -0.2) is 35.3 Å². The molecule has 2 rings (SSSR count). The molecule has 1 aromatic rings. The van der Waals surface area contributed by atoms with Crippen molar-refractivity contribution >= 4 is 23.1 Å². The van der Waals surface area contributed by atoms with Gasteiger partial charge in [0.1, 0.15) is 11.9 Å². The van der Waals surface area contributed by atoms with Gasteiger partial charge < -0.3 is 26.2 Å². The Labute approximate surface area is 166 Å². The van der Waals surface area contributed by atoms with Crippen LogP contribution in [0.3, 0.4) is 0 Å². The average molecular weight is 391 g/mol. The van der Waals surface area contributed by atoms with Gasteiger partial charge in [0.2, 0.25) is 0 Å². The summed E-state index contributed by atoms with van der Waals surface area (Å²) in [7, 11) is 0. The van der Waals surface area contributed by atoms with E-state index in [1.807, 2.05) is 26.0 Å². The first-order valence-corrected chi connectivity index (χ1v) is 9.48. The summed E-state index contributed by atoms with van der Waals surface area (Å²) in [5, 5.41) is 15.6. The van der Waals surface area contributed by atoms with Crippen LogP contribution >= 0.6 is 12.2 Å². The van der Waals surface area contributed by atoms with Gasteiger partial charge in [-0.25, -0.2) is 0 Å². The summed E-state index contributed by atoms with van der Waals surface area (Å²) in [6.45, 7) is 11.1. The number of thiocarbonyl (C=S) groups is 1. The van der Waals surface area contributed by atoms with E-state index in [0.29, 0.717) is 18.7 Å². The molecule has 1 aromatic carbocycles. The molecule has 27 heavy (non-hydrogen) atoms. The van der Waals surface area contributed by atoms with Gasteiger partial charge in [-0.1, -0.05) is 26.8 Å². The Balaban J connectivity index is 2.01. The molecule has 0 aliphatic carbocycles. The van der Waals surface area contributed by atoms with E-state index in [-0.39, 0.29) is 17.2 Å². The van der Waals surface area contributed by atoms with Crippen LogP contribution in [0.2, 0.25) is 0 Å². The highest BCUT2D eigenvalue weighted by atomic mass is 32.1. The minimum Gasteiger partial charge on any atom is -0.432 e. The Morgan fingerprint density at radius 2 is 2.07 bits per heavy atom. The second-order valence-electron chi connectivity index (χ2n) is 7.79. The lowest BCUT2D eigenvalue weighted by atomic mass is 9.89. The molecule has 7 heteroatoms. The van der Waals surface area contributed by atoms with Crippen LogP contribution in [-0.2, 0) is 6.42 Å². The normalized spacial score (nSPS) is 15.4. The van der Waals surface area contributed by atoms with Crippen molar-refractivity contribution in [2.24, 2.45) is 16.1 Å². The molecule has 1 aliphatic heterocycles. The first-order chi connectivity index (χ1) is 12.6. The number of aliphatic hydroxyl groups is 1. The molecule has 0 aromatic heterocycles. The van der Waals surface area contributed by atoms with E-state index in [1.165, 1.54) is 0 Å². The molecule has 148 valence electrons. The van der Waals surface area contributed by atoms with Crippen molar-refractivity contribution in [2.45, 2.75) is 47.2 Å². The van der Waals surface area contributed by atoms with Gasteiger partial charge in [-0.05, 0) is 55.2 Å². The molecule has 6 nitrogen and oxygen atoms in total. The fourth-order valence-corrected chi connectivity index (χ4v) is 2.97. The monoisotopic (exact) mass is 390 g/mol. The molecule has 0 saturated carbocycles. The van der Waals surface area contributed by atoms with Crippen molar-refractivity contribution in [2.75, 3.05) is 13.2 Å². The highest BCUT2D eigenvalue weighted by molar-refractivity contribution is 7.80. The Morgan fingerprint density at radius 1 is 1.37 bits per heavy atom. The molecule has 5 N–H and O–H groups in total. The van der Waals surface area contributed by atoms with Crippen molar-refractivity contribution in [3.63, 3.8) is 0 Å². The van der Waals surface area contributed by atoms with Gasteiger partial charge in [0.25, 0.3) is 5.17 Å². The molecule has 0 fully saturated rings. The Morgan fingerprint density at radius 3 is 2.63 bits per heavy atom. The second-order valence-corrected chi connectivity index (χ2v) is 8.16. The minimum atomic E-state index is -0.530. The third-order valence-corrected chi connectivity index (χ3v) is 4.71. The van der Waals surface area contributed by atoms with Gasteiger partial charge >= 0.3 is 0 Å². The molecule has 0 bridgehead atoms. The van der Waals surface area contributed by atoms with Crippen molar-refractivity contribution in [1.29, 1.82) is 0 Å². The number of rotatable bonds is 5. The number of nitrogens with zero attached hydrogens (tertiary/aromatic N) is 1. The van der Waals surface area contributed by atoms with Gasteiger partial charge in [-0.3, -0.25) is 4.99 Å². The largest absolute Gasteiger partial charge is 0.432 e. The maximum absolute atomic E-state index is 9.14. The van der Waals surface area contributed by atoms with Gasteiger partial charge in [-0.2, -0.15) is 0 Å². The van der Waals surface area contributed by atoms with Gasteiger partial charge in [0.05, 0.1) is 12.2 Å². The number of hydrogen-bond acceptors (Lipinski definition) is 6. The van der Waals surface area contributed by atoms with Crippen LogP contribution in [0.1, 0.15) is 37.5 Å². The Kier molecular flexibility index (Phi) is 6.97. The lowest BCUT2D eigenvalue weighted by Gasteiger charge is -2.28. The van der Waals surface area contributed by atoms with Crippen LogP contribution in [0.15, 0.2) is 29.0 Å². The van der Waals surface area contributed by atoms with Crippen LogP contribution in [0.4, 0.5) is 0 Å². The predicted molar refractivity (Wildman–Crippen MR) is 114 cm³/mol. The zero-order valence-electron chi connectivity index (χ0n) is 16.7. The van der Waals surface area contributed by atoms with Crippen LogP contribution < -0.4 is 21.1 Å². The Bertz CT molecular complexity index is 766. The maximum Gasteiger partial charge on any atom is 0.263 e. The average Bonchev–Trinajstić information content (AvgIpc) is 2.58. The lowest BCUT2D eigenvalue weighted by molar-refractivity contribution is 0.299. The molecule has 1 aliphatic rings. The van der Waals surface area contributed by atoms with Gasteiger partial charge in [0.15, 0.2) is 0 Å². The molecule has 1 unspecified atom stereocenters. The van der Waals surface area contributed by atoms with Crippen molar-refractivity contribution in [3.8, 4) is 5.75 Å². The SMILES string of the molecule is Cc1cc(OC(=S)NC(N)C2=CN=C(C(C)(C)C)CN2)c(C)cc1CCO. The summed E-state index contributed by atoms with van der Waals surface area (Å²) in [6, 6.07) is 3.94. The summed E-state index contributed by atoms with van der Waals surface area (Å²) in [5.74, 6) is 0.678. The predicted octanol–water partition coefficient (Wildman–Crippen LogP) is 2.31. The van der Waals surface area contributed by atoms with Crippen LogP contribution in [0, 0.1) is 19.3 Å². The highest BCUT2D eigenvalue weighted by Gasteiger charge is 2.22. The molecule has 1 atom stereocenters. The number of nitrogens with two attached hydrogens (primary N) is 1.